The molecule has 0 fully saturated rings. The molecule has 0 spiro atoms. The monoisotopic (exact) mass is 271 g/mol. The lowest BCUT2D eigenvalue weighted by molar-refractivity contribution is 0.0691. The fraction of sp³-hybridized carbons (Fsp3) is 0. The highest BCUT2D eigenvalue weighted by molar-refractivity contribution is 6.30. The molecule has 0 saturated heterocycles. The van der Waals surface area contributed by atoms with Gasteiger partial charge in [-0.2, -0.15) is 0 Å². The minimum Gasteiger partial charge on any atom is -0.477 e. The molecule has 1 aromatic heterocycles. The molecular formula is C15H10ClNO2. The second kappa shape index (κ2) is 4.44. The summed E-state index contributed by atoms with van der Waals surface area (Å²) in [5.41, 5.74) is 2.89. The molecule has 0 unspecified atom stereocenters. The van der Waals surface area contributed by atoms with Gasteiger partial charge in [-0.1, -0.05) is 41.9 Å². The zero-order valence-corrected chi connectivity index (χ0v) is 10.6. The van der Waals surface area contributed by atoms with Gasteiger partial charge in [-0.15, -0.1) is 0 Å². The van der Waals surface area contributed by atoms with Crippen LogP contribution in [-0.4, -0.2) is 16.1 Å². The Morgan fingerprint density at radius 3 is 2.63 bits per heavy atom. The summed E-state index contributed by atoms with van der Waals surface area (Å²) >= 11 is 6.00. The Bertz CT molecular complexity index is 777. The SMILES string of the molecule is O=C(O)c1cc2cccc(-c3cccc(Cl)c3)c2[nH]1. The van der Waals surface area contributed by atoms with E-state index in [1.165, 1.54) is 0 Å². The molecule has 0 saturated carbocycles. The molecule has 4 heteroatoms. The van der Waals surface area contributed by atoms with Crippen LogP contribution < -0.4 is 0 Å². The Balaban J connectivity index is 2.26. The summed E-state index contributed by atoms with van der Waals surface area (Å²) in [5, 5.41) is 10.6. The molecule has 0 aliphatic heterocycles. The van der Waals surface area contributed by atoms with Crippen molar-refractivity contribution in [2.24, 2.45) is 0 Å². The van der Waals surface area contributed by atoms with Gasteiger partial charge in [0.25, 0.3) is 0 Å². The van der Waals surface area contributed by atoms with Crippen LogP contribution in [0.1, 0.15) is 10.5 Å². The van der Waals surface area contributed by atoms with Crippen molar-refractivity contribution in [2.75, 3.05) is 0 Å². The molecule has 2 N–H and O–H groups in total. The highest BCUT2D eigenvalue weighted by atomic mass is 35.5. The van der Waals surface area contributed by atoms with Crippen LogP contribution >= 0.6 is 11.6 Å². The summed E-state index contributed by atoms with van der Waals surface area (Å²) in [6.07, 6.45) is 0. The predicted octanol–water partition coefficient (Wildman–Crippen LogP) is 4.19. The third kappa shape index (κ3) is 2.09. The molecule has 2 aromatic carbocycles. The van der Waals surface area contributed by atoms with Crippen molar-refractivity contribution >= 4 is 28.5 Å². The van der Waals surface area contributed by atoms with Gasteiger partial charge in [-0.3, -0.25) is 0 Å². The van der Waals surface area contributed by atoms with E-state index in [9.17, 15) is 4.79 Å². The molecule has 94 valence electrons. The molecule has 19 heavy (non-hydrogen) atoms. The van der Waals surface area contributed by atoms with E-state index in [0.717, 1.165) is 22.0 Å². The number of carboxylic acid groups (broad SMARTS) is 1. The lowest BCUT2D eigenvalue weighted by atomic mass is 10.0. The number of nitrogens with one attached hydrogen (secondary N) is 1. The first kappa shape index (κ1) is 11.8. The van der Waals surface area contributed by atoms with Gasteiger partial charge in [0, 0.05) is 16.0 Å². The van der Waals surface area contributed by atoms with Gasteiger partial charge in [0.15, 0.2) is 0 Å². The largest absolute Gasteiger partial charge is 0.477 e. The van der Waals surface area contributed by atoms with Crippen molar-refractivity contribution in [3.05, 3.63) is 59.2 Å². The highest BCUT2D eigenvalue weighted by Gasteiger charge is 2.11. The molecular weight excluding hydrogens is 262 g/mol. The van der Waals surface area contributed by atoms with Crippen LogP contribution in [0.5, 0.6) is 0 Å². The van der Waals surface area contributed by atoms with E-state index >= 15 is 0 Å². The molecule has 3 aromatic rings. The Hall–Kier alpha value is -2.26. The van der Waals surface area contributed by atoms with Gasteiger partial charge in [0.05, 0.1) is 5.52 Å². The first-order valence-electron chi connectivity index (χ1n) is 5.76. The average molecular weight is 272 g/mol. The van der Waals surface area contributed by atoms with E-state index < -0.39 is 5.97 Å². The van der Waals surface area contributed by atoms with E-state index in [1.54, 1.807) is 6.07 Å². The highest BCUT2D eigenvalue weighted by Crippen LogP contribution is 2.30. The quantitative estimate of drug-likeness (QED) is 0.734. The number of carbonyl (C=O) groups is 1. The van der Waals surface area contributed by atoms with Gasteiger partial charge < -0.3 is 10.1 Å². The number of hydrogen-bond donors (Lipinski definition) is 2. The van der Waals surface area contributed by atoms with Crippen molar-refractivity contribution in [1.82, 2.24) is 4.98 Å². The lowest BCUT2D eigenvalue weighted by Crippen LogP contribution is -1.95. The number of para-hydroxylation sites is 1. The summed E-state index contributed by atoms with van der Waals surface area (Å²) in [4.78, 5) is 14.0. The molecule has 0 radical (unpaired) electrons. The maximum Gasteiger partial charge on any atom is 0.352 e. The summed E-state index contributed by atoms with van der Waals surface area (Å²) in [7, 11) is 0. The summed E-state index contributed by atoms with van der Waals surface area (Å²) in [6, 6.07) is 14.8. The topological polar surface area (TPSA) is 53.1 Å². The third-order valence-electron chi connectivity index (χ3n) is 3.02. The Morgan fingerprint density at radius 2 is 1.89 bits per heavy atom. The minimum atomic E-state index is -0.965. The maximum absolute atomic E-state index is 11.0. The second-order valence-corrected chi connectivity index (χ2v) is 4.70. The van der Waals surface area contributed by atoms with Gasteiger partial charge in [-0.05, 0) is 23.8 Å². The van der Waals surface area contributed by atoms with Crippen molar-refractivity contribution in [2.45, 2.75) is 0 Å². The van der Waals surface area contributed by atoms with Gasteiger partial charge >= 0.3 is 5.97 Å². The smallest absolute Gasteiger partial charge is 0.352 e. The van der Waals surface area contributed by atoms with E-state index in [1.807, 2.05) is 42.5 Å². The lowest BCUT2D eigenvalue weighted by Gasteiger charge is -2.04. The summed E-state index contributed by atoms with van der Waals surface area (Å²) in [5.74, 6) is -0.965. The number of rotatable bonds is 2. The number of hydrogen-bond acceptors (Lipinski definition) is 1. The average Bonchev–Trinajstić information content (AvgIpc) is 2.82. The van der Waals surface area contributed by atoms with Crippen LogP contribution in [0.3, 0.4) is 0 Å². The fourth-order valence-electron chi connectivity index (χ4n) is 2.17. The molecule has 0 aliphatic rings. The molecule has 0 amide bonds. The molecule has 0 aliphatic carbocycles. The van der Waals surface area contributed by atoms with Gasteiger partial charge in [-0.25, -0.2) is 4.79 Å². The standard InChI is InChI=1S/C15H10ClNO2/c16-11-5-1-3-9(7-11)12-6-2-4-10-8-13(15(18)19)17-14(10)12/h1-8,17H,(H,18,19). The van der Waals surface area contributed by atoms with E-state index in [0.29, 0.717) is 5.02 Å². The molecule has 3 rings (SSSR count). The van der Waals surface area contributed by atoms with Crippen LogP contribution in [0.15, 0.2) is 48.5 Å². The number of halogens is 1. The fourth-order valence-corrected chi connectivity index (χ4v) is 2.36. The summed E-state index contributed by atoms with van der Waals surface area (Å²) < 4.78 is 0. The number of aromatic nitrogens is 1. The van der Waals surface area contributed by atoms with Gasteiger partial charge in [0.1, 0.15) is 5.69 Å². The predicted molar refractivity (Wildman–Crippen MR) is 75.7 cm³/mol. The molecule has 0 bridgehead atoms. The van der Waals surface area contributed by atoms with Crippen LogP contribution in [0, 0.1) is 0 Å². The van der Waals surface area contributed by atoms with E-state index in [2.05, 4.69) is 4.98 Å². The van der Waals surface area contributed by atoms with Crippen LogP contribution in [-0.2, 0) is 0 Å². The Morgan fingerprint density at radius 1 is 1.11 bits per heavy atom. The van der Waals surface area contributed by atoms with Crippen molar-refractivity contribution in [3.8, 4) is 11.1 Å². The van der Waals surface area contributed by atoms with Gasteiger partial charge in [0.2, 0.25) is 0 Å². The van der Waals surface area contributed by atoms with Crippen LogP contribution in [0.25, 0.3) is 22.0 Å². The maximum atomic E-state index is 11.0. The van der Waals surface area contributed by atoms with E-state index in [4.69, 9.17) is 16.7 Å². The summed E-state index contributed by atoms with van der Waals surface area (Å²) in [6.45, 7) is 0. The Labute approximate surface area is 114 Å². The first-order chi connectivity index (χ1) is 9.15. The number of benzene rings is 2. The molecule has 1 heterocycles. The minimum absolute atomic E-state index is 0.185. The number of aromatic amines is 1. The number of H-pyrrole nitrogens is 1. The first-order valence-corrected chi connectivity index (χ1v) is 6.14. The zero-order valence-electron chi connectivity index (χ0n) is 9.85. The van der Waals surface area contributed by atoms with Crippen molar-refractivity contribution in [3.63, 3.8) is 0 Å². The normalized spacial score (nSPS) is 10.8. The molecule has 0 atom stereocenters. The number of aromatic carboxylic acids is 1. The third-order valence-corrected chi connectivity index (χ3v) is 3.26. The van der Waals surface area contributed by atoms with Crippen LogP contribution in [0.4, 0.5) is 0 Å². The van der Waals surface area contributed by atoms with Crippen molar-refractivity contribution < 1.29 is 9.90 Å². The van der Waals surface area contributed by atoms with Crippen molar-refractivity contribution in [1.29, 1.82) is 0 Å². The Kier molecular flexibility index (Phi) is 2.76. The van der Waals surface area contributed by atoms with E-state index in [-0.39, 0.29) is 5.69 Å². The second-order valence-electron chi connectivity index (χ2n) is 4.27. The zero-order chi connectivity index (χ0) is 13.4. The van der Waals surface area contributed by atoms with Crippen LogP contribution in [0.2, 0.25) is 5.02 Å². The number of carboxylic acids is 1. The number of fused-ring (bicyclic) bond motifs is 1. The molecule has 3 nitrogen and oxygen atoms in total.